The molecule has 0 heterocycles. The van der Waals surface area contributed by atoms with Gasteiger partial charge in [0.25, 0.3) is 0 Å². The summed E-state index contributed by atoms with van der Waals surface area (Å²) in [6.07, 6.45) is 6.06. The van der Waals surface area contributed by atoms with Crippen molar-refractivity contribution < 1.29 is 0 Å². The van der Waals surface area contributed by atoms with E-state index in [1.54, 1.807) is 0 Å². The predicted octanol–water partition coefficient (Wildman–Crippen LogP) is 3.04. The fourth-order valence-electron chi connectivity index (χ4n) is 0.771. The van der Waals surface area contributed by atoms with Crippen molar-refractivity contribution in [3.05, 3.63) is 38.0 Å². The van der Waals surface area contributed by atoms with Gasteiger partial charge in [-0.05, 0) is 0 Å². The van der Waals surface area contributed by atoms with E-state index in [0.717, 1.165) is 0 Å². The fourth-order valence-corrected chi connectivity index (χ4v) is 4.01. The molecule has 0 amide bonds. The summed E-state index contributed by atoms with van der Waals surface area (Å²) in [6.45, 7) is 11.2. The summed E-state index contributed by atoms with van der Waals surface area (Å²) >= 11 is -0.651. The number of hydrogen-bond acceptors (Lipinski definition) is 0. The van der Waals surface area contributed by atoms with E-state index in [2.05, 4.69) is 19.7 Å². The zero-order valence-corrected chi connectivity index (χ0v) is 8.30. The summed E-state index contributed by atoms with van der Waals surface area (Å²) < 4.78 is 0. The van der Waals surface area contributed by atoms with Gasteiger partial charge < -0.3 is 0 Å². The van der Waals surface area contributed by atoms with Crippen LogP contribution in [-0.4, -0.2) is 14.7 Å². The second kappa shape index (κ2) is 6.89. The average Bonchev–Trinajstić information content (AvgIpc) is 1.90. The molecule has 56 valence electrons. The molecule has 0 aliphatic heterocycles. The first kappa shape index (κ1) is 9.78. The van der Waals surface area contributed by atoms with Crippen LogP contribution >= 0.6 is 0 Å². The third-order valence-electron chi connectivity index (χ3n) is 1.16. The van der Waals surface area contributed by atoms with Crippen LogP contribution in [0.4, 0.5) is 0 Å². The molecular weight excluding hydrogens is 183 g/mol. The van der Waals surface area contributed by atoms with Crippen molar-refractivity contribution >= 4 is 14.7 Å². The van der Waals surface area contributed by atoms with Crippen LogP contribution in [-0.2, 0) is 0 Å². The molecule has 0 aliphatic carbocycles. The van der Waals surface area contributed by atoms with Crippen molar-refractivity contribution in [2.45, 2.75) is 15.6 Å². The first-order valence-corrected chi connectivity index (χ1v) is 7.38. The van der Waals surface area contributed by atoms with Gasteiger partial charge in [0, 0.05) is 0 Å². The Bertz CT molecular complexity index is 92.1. The molecule has 0 aromatic rings. The van der Waals surface area contributed by atoms with Crippen molar-refractivity contribution in [1.82, 2.24) is 0 Å². The van der Waals surface area contributed by atoms with Crippen molar-refractivity contribution in [3.8, 4) is 0 Å². The summed E-state index contributed by atoms with van der Waals surface area (Å²) in [5.41, 5.74) is 0. The standard InChI is InChI=1S/C9H15As/c1-4-7-10(8-5-2)9-6-3/h4-6H,1-3,7-9H2. The Balaban J connectivity index is 3.58. The van der Waals surface area contributed by atoms with Crippen LogP contribution < -0.4 is 0 Å². The third kappa shape index (κ3) is 4.64. The fraction of sp³-hybridized carbons (Fsp3) is 0.333. The number of hydrogen-bond donors (Lipinski definition) is 0. The summed E-state index contributed by atoms with van der Waals surface area (Å²) in [5.74, 6) is 0. The molecule has 0 saturated carbocycles. The van der Waals surface area contributed by atoms with E-state index in [-0.39, 0.29) is 0 Å². The second-order valence-corrected chi connectivity index (χ2v) is 7.20. The van der Waals surface area contributed by atoms with Gasteiger partial charge in [-0.3, -0.25) is 0 Å². The van der Waals surface area contributed by atoms with Crippen LogP contribution in [0.2, 0.25) is 15.6 Å². The van der Waals surface area contributed by atoms with Crippen LogP contribution in [0, 0.1) is 0 Å². The first-order valence-electron chi connectivity index (χ1n) is 3.40. The second-order valence-electron chi connectivity index (χ2n) is 2.08. The van der Waals surface area contributed by atoms with Crippen molar-refractivity contribution in [2.24, 2.45) is 0 Å². The Hall–Kier alpha value is -0.222. The molecule has 0 spiro atoms. The van der Waals surface area contributed by atoms with Crippen LogP contribution in [0.25, 0.3) is 0 Å². The first-order chi connectivity index (χ1) is 4.85. The summed E-state index contributed by atoms with van der Waals surface area (Å²) in [7, 11) is 0. The topological polar surface area (TPSA) is 0 Å². The molecule has 0 aromatic heterocycles. The van der Waals surface area contributed by atoms with Crippen molar-refractivity contribution in [1.29, 1.82) is 0 Å². The molecule has 10 heavy (non-hydrogen) atoms. The zero-order chi connectivity index (χ0) is 7.82. The quantitative estimate of drug-likeness (QED) is 0.454. The molecule has 1 heteroatoms. The number of rotatable bonds is 6. The molecule has 0 nitrogen and oxygen atoms in total. The SMILES string of the molecule is C=CC[As](CC=C)CC=C. The van der Waals surface area contributed by atoms with Gasteiger partial charge >= 0.3 is 68.2 Å². The Morgan fingerprint density at radius 2 is 1.10 bits per heavy atom. The van der Waals surface area contributed by atoms with Gasteiger partial charge in [-0.2, -0.15) is 0 Å². The van der Waals surface area contributed by atoms with Crippen LogP contribution in [0.1, 0.15) is 0 Å². The van der Waals surface area contributed by atoms with E-state index in [1.807, 2.05) is 18.2 Å². The Morgan fingerprint density at radius 3 is 1.30 bits per heavy atom. The molecule has 0 rings (SSSR count). The maximum atomic E-state index is 3.73. The van der Waals surface area contributed by atoms with E-state index in [1.165, 1.54) is 15.6 Å². The van der Waals surface area contributed by atoms with Crippen LogP contribution in [0.3, 0.4) is 0 Å². The molecular formula is C9H15As. The molecule has 0 unspecified atom stereocenters. The monoisotopic (exact) mass is 198 g/mol. The minimum atomic E-state index is -0.651. The van der Waals surface area contributed by atoms with E-state index >= 15 is 0 Å². The van der Waals surface area contributed by atoms with Gasteiger partial charge in [0.15, 0.2) is 0 Å². The van der Waals surface area contributed by atoms with Crippen molar-refractivity contribution in [3.63, 3.8) is 0 Å². The zero-order valence-electron chi connectivity index (χ0n) is 6.42. The summed E-state index contributed by atoms with van der Waals surface area (Å²) in [5, 5.41) is 3.64. The van der Waals surface area contributed by atoms with Gasteiger partial charge in [0.2, 0.25) is 0 Å². The summed E-state index contributed by atoms with van der Waals surface area (Å²) in [4.78, 5) is 0. The van der Waals surface area contributed by atoms with E-state index in [4.69, 9.17) is 0 Å². The van der Waals surface area contributed by atoms with Gasteiger partial charge in [-0.25, -0.2) is 0 Å². The third-order valence-corrected chi connectivity index (χ3v) is 6.04. The minimum absolute atomic E-state index is 0.651. The molecule has 0 fully saturated rings. The normalized spacial score (nSPS) is 9.30. The molecule has 0 atom stereocenters. The summed E-state index contributed by atoms with van der Waals surface area (Å²) in [6, 6.07) is 0. The van der Waals surface area contributed by atoms with Gasteiger partial charge in [-0.1, -0.05) is 0 Å². The van der Waals surface area contributed by atoms with Gasteiger partial charge in [-0.15, -0.1) is 0 Å². The molecule has 0 N–H and O–H groups in total. The molecule has 0 aromatic carbocycles. The Kier molecular flexibility index (Phi) is 6.74. The van der Waals surface area contributed by atoms with Crippen molar-refractivity contribution in [2.75, 3.05) is 0 Å². The van der Waals surface area contributed by atoms with E-state index in [0.29, 0.717) is 0 Å². The molecule has 0 aliphatic rings. The number of allylic oxidation sites excluding steroid dienone is 3. The van der Waals surface area contributed by atoms with E-state index in [9.17, 15) is 0 Å². The van der Waals surface area contributed by atoms with Crippen LogP contribution in [0.5, 0.6) is 0 Å². The van der Waals surface area contributed by atoms with Gasteiger partial charge in [0.05, 0.1) is 0 Å². The Labute approximate surface area is 68.6 Å². The van der Waals surface area contributed by atoms with Crippen LogP contribution in [0.15, 0.2) is 38.0 Å². The maximum absolute atomic E-state index is 3.73. The molecule has 0 bridgehead atoms. The molecule has 0 saturated heterocycles. The average molecular weight is 198 g/mol. The Morgan fingerprint density at radius 1 is 0.800 bits per heavy atom. The van der Waals surface area contributed by atoms with E-state index < -0.39 is 14.7 Å². The predicted molar refractivity (Wildman–Crippen MR) is 50.8 cm³/mol. The van der Waals surface area contributed by atoms with Gasteiger partial charge in [0.1, 0.15) is 0 Å². The molecule has 0 radical (unpaired) electrons.